The van der Waals surface area contributed by atoms with Crippen LogP contribution in [0.2, 0.25) is 0 Å². The summed E-state index contributed by atoms with van der Waals surface area (Å²) in [5.41, 5.74) is 9.74. The number of rotatable bonds is 5. The molecule has 0 saturated carbocycles. The largest absolute Gasteiger partial charge is 0.337 e. The fourth-order valence-corrected chi connectivity index (χ4v) is 2.23. The average Bonchev–Trinajstić information content (AvgIpc) is 2.55. The molecule has 0 radical (unpaired) electrons. The maximum absolute atomic E-state index is 12.4. The molecule has 0 atom stereocenters. The molecule has 2 N–H and O–H groups in total. The van der Waals surface area contributed by atoms with E-state index in [1.54, 1.807) is 4.90 Å². The Kier molecular flexibility index (Phi) is 5.12. The summed E-state index contributed by atoms with van der Waals surface area (Å²) in [4.78, 5) is 14.1. The number of amides is 1. The highest BCUT2D eigenvalue weighted by Crippen LogP contribution is 2.11. The van der Waals surface area contributed by atoms with Gasteiger partial charge in [0.2, 0.25) is 0 Å². The molecule has 1 amide bonds. The summed E-state index contributed by atoms with van der Waals surface area (Å²) in [5, 5.41) is 0. The zero-order chi connectivity index (χ0) is 15.2. The van der Waals surface area contributed by atoms with E-state index in [9.17, 15) is 4.79 Å². The minimum Gasteiger partial charge on any atom is -0.337 e. The summed E-state index contributed by atoms with van der Waals surface area (Å²) in [7, 11) is 1.83. The normalized spacial score (nSPS) is 10.4. The highest BCUT2D eigenvalue weighted by atomic mass is 16.2. The number of nitrogens with two attached hydrogens (primary N) is 1. The molecule has 3 nitrogen and oxygen atoms in total. The van der Waals surface area contributed by atoms with Crippen LogP contribution >= 0.6 is 0 Å². The second-order valence-electron chi connectivity index (χ2n) is 5.23. The van der Waals surface area contributed by atoms with Crippen LogP contribution in [0.5, 0.6) is 0 Å². The molecule has 0 unspecified atom stereocenters. The number of nitrogens with zero attached hydrogens (tertiary/aromatic N) is 1. The molecule has 110 valence electrons. The van der Waals surface area contributed by atoms with Crippen LogP contribution in [-0.4, -0.2) is 17.9 Å². The minimum absolute atomic E-state index is 0.0261. The molecule has 0 heterocycles. The van der Waals surface area contributed by atoms with Gasteiger partial charge in [-0.05, 0) is 35.2 Å². The van der Waals surface area contributed by atoms with E-state index in [-0.39, 0.29) is 5.91 Å². The zero-order valence-corrected chi connectivity index (χ0v) is 12.7. The van der Waals surface area contributed by atoms with Crippen LogP contribution in [0, 0.1) is 0 Å². The van der Waals surface area contributed by atoms with Crippen LogP contribution in [0.4, 0.5) is 0 Å². The van der Waals surface area contributed by atoms with Crippen LogP contribution in [0.1, 0.15) is 34.0 Å². The molecule has 0 aromatic heterocycles. The molecule has 2 aromatic carbocycles. The first-order valence-corrected chi connectivity index (χ1v) is 7.26. The molecule has 0 aliphatic heterocycles. The Bertz CT molecular complexity index is 588. The molecular weight excluding hydrogens is 260 g/mol. The van der Waals surface area contributed by atoms with E-state index >= 15 is 0 Å². The zero-order valence-electron chi connectivity index (χ0n) is 12.7. The average molecular weight is 282 g/mol. The van der Waals surface area contributed by atoms with Crippen LogP contribution in [0.15, 0.2) is 48.5 Å². The van der Waals surface area contributed by atoms with Crippen LogP contribution in [0.3, 0.4) is 0 Å². The molecular formula is C18H22N2O. The molecule has 0 spiro atoms. The van der Waals surface area contributed by atoms with Crippen molar-refractivity contribution in [2.45, 2.75) is 26.4 Å². The molecule has 21 heavy (non-hydrogen) atoms. The predicted molar refractivity (Wildman–Crippen MR) is 86.0 cm³/mol. The summed E-state index contributed by atoms with van der Waals surface area (Å²) < 4.78 is 0. The topological polar surface area (TPSA) is 46.3 Å². The highest BCUT2D eigenvalue weighted by Gasteiger charge is 2.11. The number of carbonyl (C=O) groups is 1. The molecule has 0 aliphatic rings. The predicted octanol–water partition coefficient (Wildman–Crippen LogP) is 2.98. The standard InChI is InChI=1S/C18H22N2O/c1-3-14-4-6-16(7-5-14)13-20(2)18(21)17-10-8-15(12-19)9-11-17/h4-11H,3,12-13,19H2,1-2H3. The van der Waals surface area contributed by atoms with Gasteiger partial charge in [-0.1, -0.05) is 43.3 Å². The maximum Gasteiger partial charge on any atom is 0.253 e. The Morgan fingerprint density at radius 2 is 1.48 bits per heavy atom. The number of aryl methyl sites for hydroxylation is 1. The van der Waals surface area contributed by atoms with E-state index < -0.39 is 0 Å². The molecule has 0 bridgehead atoms. The van der Waals surface area contributed by atoms with Gasteiger partial charge in [-0.3, -0.25) is 4.79 Å². The van der Waals surface area contributed by atoms with E-state index in [1.807, 2.05) is 31.3 Å². The van der Waals surface area contributed by atoms with Gasteiger partial charge in [-0.2, -0.15) is 0 Å². The van der Waals surface area contributed by atoms with Gasteiger partial charge in [-0.15, -0.1) is 0 Å². The SMILES string of the molecule is CCc1ccc(CN(C)C(=O)c2ccc(CN)cc2)cc1. The van der Waals surface area contributed by atoms with Crippen molar-refractivity contribution in [2.75, 3.05) is 7.05 Å². The molecule has 2 aromatic rings. The Morgan fingerprint density at radius 3 is 2.00 bits per heavy atom. The van der Waals surface area contributed by atoms with Crippen LogP contribution < -0.4 is 5.73 Å². The maximum atomic E-state index is 12.4. The van der Waals surface area contributed by atoms with E-state index in [0.717, 1.165) is 17.5 Å². The van der Waals surface area contributed by atoms with Crippen LogP contribution in [-0.2, 0) is 19.5 Å². The number of carbonyl (C=O) groups excluding carboxylic acids is 1. The number of benzene rings is 2. The lowest BCUT2D eigenvalue weighted by molar-refractivity contribution is 0.0785. The van der Waals surface area contributed by atoms with Crippen molar-refractivity contribution >= 4 is 5.91 Å². The third kappa shape index (κ3) is 3.92. The van der Waals surface area contributed by atoms with Crippen LogP contribution in [0.25, 0.3) is 0 Å². The van der Waals surface area contributed by atoms with Gasteiger partial charge in [-0.25, -0.2) is 0 Å². The van der Waals surface area contributed by atoms with Crippen molar-refractivity contribution < 1.29 is 4.79 Å². The quantitative estimate of drug-likeness (QED) is 0.916. The summed E-state index contributed by atoms with van der Waals surface area (Å²) >= 11 is 0. The Labute approximate surface area is 126 Å². The molecule has 0 aliphatic carbocycles. The second kappa shape index (κ2) is 7.04. The number of hydrogen-bond donors (Lipinski definition) is 1. The smallest absolute Gasteiger partial charge is 0.253 e. The molecule has 2 rings (SSSR count). The first kappa shape index (κ1) is 15.3. The fourth-order valence-electron chi connectivity index (χ4n) is 2.23. The van der Waals surface area contributed by atoms with Gasteiger partial charge < -0.3 is 10.6 Å². The first-order chi connectivity index (χ1) is 10.1. The van der Waals surface area contributed by atoms with E-state index in [0.29, 0.717) is 18.7 Å². The van der Waals surface area contributed by atoms with E-state index in [1.165, 1.54) is 5.56 Å². The highest BCUT2D eigenvalue weighted by molar-refractivity contribution is 5.94. The number of hydrogen-bond acceptors (Lipinski definition) is 2. The van der Waals surface area contributed by atoms with Crippen molar-refractivity contribution in [3.8, 4) is 0 Å². The van der Waals surface area contributed by atoms with Gasteiger partial charge >= 0.3 is 0 Å². The molecule has 0 fully saturated rings. The second-order valence-corrected chi connectivity index (χ2v) is 5.23. The Morgan fingerprint density at radius 1 is 0.952 bits per heavy atom. The van der Waals surface area contributed by atoms with E-state index in [4.69, 9.17) is 5.73 Å². The van der Waals surface area contributed by atoms with Gasteiger partial charge in [0.05, 0.1) is 0 Å². The Balaban J connectivity index is 2.03. The summed E-state index contributed by atoms with van der Waals surface area (Å²) in [5.74, 6) is 0.0261. The lowest BCUT2D eigenvalue weighted by Crippen LogP contribution is -2.26. The summed E-state index contributed by atoms with van der Waals surface area (Å²) in [6, 6.07) is 15.9. The first-order valence-electron chi connectivity index (χ1n) is 7.26. The van der Waals surface area contributed by atoms with Crippen molar-refractivity contribution in [1.29, 1.82) is 0 Å². The van der Waals surface area contributed by atoms with Gasteiger partial charge in [0.15, 0.2) is 0 Å². The summed E-state index contributed by atoms with van der Waals surface area (Å²) in [6.07, 6.45) is 1.03. The van der Waals surface area contributed by atoms with Gasteiger partial charge in [0.25, 0.3) is 5.91 Å². The minimum atomic E-state index is 0.0261. The third-order valence-electron chi connectivity index (χ3n) is 3.63. The van der Waals surface area contributed by atoms with Crippen molar-refractivity contribution in [1.82, 2.24) is 4.90 Å². The van der Waals surface area contributed by atoms with Gasteiger partial charge in [0.1, 0.15) is 0 Å². The lowest BCUT2D eigenvalue weighted by atomic mass is 10.1. The van der Waals surface area contributed by atoms with E-state index in [2.05, 4.69) is 31.2 Å². The summed E-state index contributed by atoms with van der Waals surface area (Å²) in [6.45, 7) is 3.24. The van der Waals surface area contributed by atoms with Crippen molar-refractivity contribution in [2.24, 2.45) is 5.73 Å². The lowest BCUT2D eigenvalue weighted by Gasteiger charge is -2.17. The van der Waals surface area contributed by atoms with Crippen molar-refractivity contribution in [3.63, 3.8) is 0 Å². The third-order valence-corrected chi connectivity index (χ3v) is 3.63. The van der Waals surface area contributed by atoms with Gasteiger partial charge in [0, 0.05) is 25.7 Å². The fraction of sp³-hybridized carbons (Fsp3) is 0.278. The molecule has 3 heteroatoms. The monoisotopic (exact) mass is 282 g/mol. The van der Waals surface area contributed by atoms with Crippen molar-refractivity contribution in [3.05, 3.63) is 70.8 Å². The molecule has 0 saturated heterocycles. The Hall–Kier alpha value is -2.13.